The summed E-state index contributed by atoms with van der Waals surface area (Å²) in [5, 5.41) is 9.68. The standard InChI is InChI=1S/C21H23F3N6O4S/c1-10(2)16-19-27-13-6-11(9-31)15(35(3,33)34)7-14(13)29(19)4-5-30(16)20-26-8-12(18(25)32)17(28-20)21(22,23)24/h6-8,10,16,31H,4-5,9H2,1-3H3,(H2,25,32)/t16-/m1/s1. The predicted molar refractivity (Wildman–Crippen MR) is 119 cm³/mol. The lowest BCUT2D eigenvalue weighted by atomic mass is 10.00. The summed E-state index contributed by atoms with van der Waals surface area (Å²) in [6.07, 6.45) is -3.10. The van der Waals surface area contributed by atoms with E-state index in [0.29, 0.717) is 16.9 Å². The molecule has 0 aliphatic carbocycles. The van der Waals surface area contributed by atoms with Crippen molar-refractivity contribution in [3.05, 3.63) is 41.0 Å². The zero-order valence-corrected chi connectivity index (χ0v) is 19.9. The molecule has 0 saturated carbocycles. The van der Waals surface area contributed by atoms with Crippen molar-refractivity contribution in [2.75, 3.05) is 17.7 Å². The minimum absolute atomic E-state index is 0.0149. The molecule has 0 unspecified atom stereocenters. The number of hydrogen-bond acceptors (Lipinski definition) is 8. The first-order valence-electron chi connectivity index (χ1n) is 10.6. The van der Waals surface area contributed by atoms with Gasteiger partial charge in [0.25, 0.3) is 5.91 Å². The smallest absolute Gasteiger partial charge is 0.392 e. The Bertz CT molecular complexity index is 1440. The van der Waals surface area contributed by atoms with Crippen molar-refractivity contribution >= 4 is 32.7 Å². The van der Waals surface area contributed by atoms with Crippen LogP contribution in [0.5, 0.6) is 0 Å². The predicted octanol–water partition coefficient (Wildman–Crippen LogP) is 2.06. The second-order valence-corrected chi connectivity index (χ2v) is 10.7. The Morgan fingerprint density at radius 3 is 2.49 bits per heavy atom. The lowest BCUT2D eigenvalue weighted by molar-refractivity contribution is -0.141. The maximum absolute atomic E-state index is 13.6. The van der Waals surface area contributed by atoms with Crippen molar-refractivity contribution in [1.29, 1.82) is 0 Å². The molecule has 188 valence electrons. The van der Waals surface area contributed by atoms with E-state index in [1.807, 2.05) is 18.4 Å². The number of amides is 1. The molecule has 3 N–H and O–H groups in total. The van der Waals surface area contributed by atoms with Gasteiger partial charge in [0, 0.05) is 25.5 Å². The molecule has 1 atom stereocenters. The van der Waals surface area contributed by atoms with Crippen LogP contribution in [-0.2, 0) is 29.2 Å². The third kappa shape index (κ3) is 4.31. The first-order chi connectivity index (χ1) is 16.2. The van der Waals surface area contributed by atoms with Gasteiger partial charge in [0.2, 0.25) is 5.95 Å². The van der Waals surface area contributed by atoms with Crippen LogP contribution in [0.25, 0.3) is 11.0 Å². The van der Waals surface area contributed by atoms with E-state index < -0.39 is 45.8 Å². The van der Waals surface area contributed by atoms with Crippen LogP contribution >= 0.6 is 0 Å². The van der Waals surface area contributed by atoms with E-state index in [1.165, 1.54) is 12.1 Å². The molecule has 0 radical (unpaired) electrons. The van der Waals surface area contributed by atoms with E-state index in [4.69, 9.17) is 5.73 Å². The van der Waals surface area contributed by atoms with Crippen LogP contribution < -0.4 is 10.6 Å². The highest BCUT2D eigenvalue weighted by atomic mass is 32.2. The summed E-state index contributed by atoms with van der Waals surface area (Å²) >= 11 is 0. The molecule has 1 aliphatic rings. The summed E-state index contributed by atoms with van der Waals surface area (Å²) in [4.78, 5) is 25.4. The molecule has 1 amide bonds. The second kappa shape index (κ2) is 8.45. The number of carbonyl (C=O) groups excluding carboxylic acids is 1. The second-order valence-electron chi connectivity index (χ2n) is 8.68. The fraction of sp³-hybridized carbons (Fsp3) is 0.429. The third-order valence-corrected chi connectivity index (χ3v) is 7.07. The number of sulfone groups is 1. The zero-order chi connectivity index (χ0) is 25.9. The number of carbonyl (C=O) groups is 1. The number of rotatable bonds is 5. The van der Waals surface area contributed by atoms with E-state index in [2.05, 4.69) is 15.0 Å². The van der Waals surface area contributed by atoms with Crippen molar-refractivity contribution in [2.24, 2.45) is 11.7 Å². The highest BCUT2D eigenvalue weighted by Gasteiger charge is 2.40. The minimum atomic E-state index is -4.92. The Hall–Kier alpha value is -3.26. The van der Waals surface area contributed by atoms with Crippen molar-refractivity contribution in [2.45, 2.75) is 44.1 Å². The van der Waals surface area contributed by atoms with Gasteiger partial charge in [0.05, 0.1) is 34.1 Å². The number of fused-ring (bicyclic) bond motifs is 3. The molecule has 2 aromatic heterocycles. The maximum atomic E-state index is 13.6. The van der Waals surface area contributed by atoms with Gasteiger partial charge in [0.15, 0.2) is 15.5 Å². The van der Waals surface area contributed by atoms with Gasteiger partial charge in [-0.2, -0.15) is 13.2 Å². The number of primary amides is 1. The minimum Gasteiger partial charge on any atom is -0.392 e. The number of imidazole rings is 1. The number of nitrogens with two attached hydrogens (primary N) is 1. The van der Waals surface area contributed by atoms with Gasteiger partial charge in [-0.05, 0) is 23.6 Å². The molecule has 4 rings (SSSR count). The molecule has 0 spiro atoms. The van der Waals surface area contributed by atoms with Crippen LogP contribution in [0.4, 0.5) is 19.1 Å². The van der Waals surface area contributed by atoms with Gasteiger partial charge < -0.3 is 20.3 Å². The van der Waals surface area contributed by atoms with Gasteiger partial charge in [-0.25, -0.2) is 23.4 Å². The monoisotopic (exact) mass is 512 g/mol. The number of halogens is 3. The van der Waals surface area contributed by atoms with E-state index in [0.717, 1.165) is 12.5 Å². The molecule has 0 saturated heterocycles. The van der Waals surface area contributed by atoms with Crippen LogP contribution in [0.15, 0.2) is 23.2 Å². The number of aliphatic hydroxyl groups is 1. The Labute approximate surface area is 198 Å². The lowest BCUT2D eigenvalue weighted by Crippen LogP contribution is -2.42. The molecule has 3 heterocycles. The zero-order valence-electron chi connectivity index (χ0n) is 19.0. The summed E-state index contributed by atoms with van der Waals surface area (Å²) in [5.41, 5.74) is 4.03. The first kappa shape index (κ1) is 24.9. The van der Waals surface area contributed by atoms with E-state index in [-0.39, 0.29) is 35.4 Å². The summed E-state index contributed by atoms with van der Waals surface area (Å²) in [5.74, 6) is -1.18. The van der Waals surface area contributed by atoms with E-state index in [9.17, 15) is 31.5 Å². The number of aromatic nitrogens is 4. The number of alkyl halides is 3. The van der Waals surface area contributed by atoms with E-state index in [1.54, 1.807) is 4.90 Å². The highest BCUT2D eigenvalue weighted by molar-refractivity contribution is 7.90. The SMILES string of the molecule is CC(C)[C@@H]1c2nc3cc(CO)c(S(C)(=O)=O)cc3n2CCN1c1ncc(C(N)=O)c(C(F)(F)F)n1. The van der Waals surface area contributed by atoms with Crippen molar-refractivity contribution in [3.63, 3.8) is 0 Å². The lowest BCUT2D eigenvalue weighted by Gasteiger charge is -2.38. The quantitative estimate of drug-likeness (QED) is 0.529. The number of hydrogen-bond donors (Lipinski definition) is 2. The van der Waals surface area contributed by atoms with Gasteiger partial charge in [0.1, 0.15) is 5.82 Å². The molecule has 3 aromatic rings. The fourth-order valence-corrected chi connectivity index (χ4v) is 5.34. The molecule has 1 aromatic carbocycles. The number of anilines is 1. The molecule has 0 bridgehead atoms. The average Bonchev–Trinajstić information content (AvgIpc) is 3.13. The highest BCUT2D eigenvalue weighted by Crippen LogP contribution is 2.38. The van der Waals surface area contributed by atoms with Crippen LogP contribution in [0.3, 0.4) is 0 Å². The maximum Gasteiger partial charge on any atom is 0.434 e. The van der Waals surface area contributed by atoms with Crippen LogP contribution in [-0.4, -0.2) is 51.8 Å². The van der Waals surface area contributed by atoms with Gasteiger partial charge >= 0.3 is 6.18 Å². The molecular weight excluding hydrogens is 489 g/mol. The van der Waals surface area contributed by atoms with Crippen molar-refractivity contribution < 1.29 is 31.5 Å². The van der Waals surface area contributed by atoms with Gasteiger partial charge in [-0.15, -0.1) is 0 Å². The van der Waals surface area contributed by atoms with Crippen LogP contribution in [0.1, 0.15) is 47.3 Å². The average molecular weight is 513 g/mol. The number of nitrogens with zero attached hydrogens (tertiary/aromatic N) is 5. The molecule has 0 fully saturated rings. The largest absolute Gasteiger partial charge is 0.434 e. The fourth-order valence-electron chi connectivity index (χ4n) is 4.42. The summed E-state index contributed by atoms with van der Waals surface area (Å²) in [6.45, 7) is 3.68. The third-order valence-electron chi connectivity index (χ3n) is 5.89. The molecule has 35 heavy (non-hydrogen) atoms. The van der Waals surface area contributed by atoms with Crippen molar-refractivity contribution in [3.8, 4) is 0 Å². The molecule has 14 heteroatoms. The first-order valence-corrected chi connectivity index (χ1v) is 12.5. The van der Waals surface area contributed by atoms with Crippen LogP contribution in [0.2, 0.25) is 0 Å². The summed E-state index contributed by atoms with van der Waals surface area (Å²) < 4.78 is 67.1. The normalized spacial score (nSPS) is 16.7. The van der Waals surface area contributed by atoms with Gasteiger partial charge in [-0.1, -0.05) is 13.8 Å². The molecule has 1 aliphatic heterocycles. The van der Waals surface area contributed by atoms with Crippen LogP contribution in [0, 0.1) is 5.92 Å². The van der Waals surface area contributed by atoms with E-state index >= 15 is 0 Å². The Balaban J connectivity index is 1.88. The Morgan fingerprint density at radius 2 is 1.94 bits per heavy atom. The summed E-state index contributed by atoms with van der Waals surface area (Å²) in [6, 6.07) is 2.40. The Morgan fingerprint density at radius 1 is 1.26 bits per heavy atom. The van der Waals surface area contributed by atoms with Gasteiger partial charge in [-0.3, -0.25) is 4.79 Å². The van der Waals surface area contributed by atoms with Crippen molar-refractivity contribution in [1.82, 2.24) is 19.5 Å². The summed E-state index contributed by atoms with van der Waals surface area (Å²) in [7, 11) is -3.63. The molecular formula is C21H23F3N6O4S. The Kier molecular flexibility index (Phi) is 6.00. The topological polar surface area (TPSA) is 144 Å². The number of aliphatic hydroxyl groups excluding tert-OH is 1. The number of benzene rings is 1. The molecule has 10 nitrogen and oxygen atoms in total.